The van der Waals surface area contributed by atoms with Gasteiger partial charge in [-0.25, -0.2) is 4.90 Å². The maximum Gasteiger partial charge on any atom is 0.298 e. The maximum atomic E-state index is 12.6. The van der Waals surface area contributed by atoms with Crippen molar-refractivity contribution in [2.45, 2.75) is 13.3 Å². The highest BCUT2D eigenvalue weighted by Gasteiger charge is 2.37. The van der Waals surface area contributed by atoms with Crippen molar-refractivity contribution in [1.29, 1.82) is 0 Å². The number of anilines is 1. The number of imide groups is 1. The minimum atomic E-state index is -0.311. The minimum Gasteiger partial charge on any atom is -0.508 e. The molecule has 1 N–H and O–H groups in total. The lowest BCUT2D eigenvalue weighted by Gasteiger charge is -2.16. The Morgan fingerprint density at radius 2 is 1.78 bits per heavy atom. The summed E-state index contributed by atoms with van der Waals surface area (Å²) in [4.78, 5) is 26.5. The molecule has 2 amide bonds. The fraction of sp³-hybridized carbons (Fsp3) is 0.111. The first kappa shape index (κ1) is 15.4. The number of aromatic hydroxyl groups is 1. The van der Waals surface area contributed by atoms with Crippen molar-refractivity contribution >= 4 is 34.7 Å². The average molecular weight is 325 g/mol. The summed E-state index contributed by atoms with van der Waals surface area (Å²) in [5, 5.41) is 9.01. The Morgan fingerprint density at radius 1 is 1.09 bits per heavy atom. The molecule has 23 heavy (non-hydrogen) atoms. The first-order valence-corrected chi connectivity index (χ1v) is 8.06. The predicted octanol–water partition coefficient (Wildman–Crippen LogP) is 4.20. The third-order valence-corrected chi connectivity index (χ3v) is 4.47. The number of hydrogen-bond acceptors (Lipinski definition) is 4. The second kappa shape index (κ2) is 6.30. The summed E-state index contributed by atoms with van der Waals surface area (Å²) in [6.07, 6.45) is 2.41. The van der Waals surface area contributed by atoms with Gasteiger partial charge in [-0.1, -0.05) is 37.3 Å². The Labute approximate surface area is 138 Å². The molecule has 0 unspecified atom stereocenters. The fourth-order valence-electron chi connectivity index (χ4n) is 2.43. The summed E-state index contributed by atoms with van der Waals surface area (Å²) in [5.74, 6) is -0.152. The lowest BCUT2D eigenvalue weighted by atomic mass is 10.1. The first-order chi connectivity index (χ1) is 11.1. The Kier molecular flexibility index (Phi) is 4.21. The molecule has 1 aliphatic heterocycles. The topological polar surface area (TPSA) is 57.6 Å². The van der Waals surface area contributed by atoms with Crippen molar-refractivity contribution in [3.8, 4) is 5.75 Å². The zero-order valence-corrected chi connectivity index (χ0v) is 13.3. The smallest absolute Gasteiger partial charge is 0.298 e. The number of amides is 2. The summed E-state index contributed by atoms with van der Waals surface area (Å²) < 4.78 is 0. The molecule has 1 fully saturated rings. The van der Waals surface area contributed by atoms with E-state index in [1.54, 1.807) is 36.4 Å². The summed E-state index contributed by atoms with van der Waals surface area (Å²) >= 11 is 0.931. The van der Waals surface area contributed by atoms with Crippen LogP contribution in [0.4, 0.5) is 10.5 Å². The van der Waals surface area contributed by atoms with E-state index in [0.717, 1.165) is 29.3 Å². The summed E-state index contributed by atoms with van der Waals surface area (Å²) in [6.45, 7) is 1.99. The van der Waals surface area contributed by atoms with Crippen molar-refractivity contribution in [3.63, 3.8) is 0 Å². The van der Waals surface area contributed by atoms with Crippen LogP contribution in [0.2, 0.25) is 0 Å². The van der Waals surface area contributed by atoms with Gasteiger partial charge < -0.3 is 5.11 Å². The zero-order valence-electron chi connectivity index (χ0n) is 12.5. The number of para-hydroxylation sites is 1. The molecule has 1 saturated heterocycles. The third-order valence-electron chi connectivity index (χ3n) is 3.60. The monoisotopic (exact) mass is 325 g/mol. The maximum absolute atomic E-state index is 12.6. The van der Waals surface area contributed by atoms with E-state index in [2.05, 4.69) is 0 Å². The van der Waals surface area contributed by atoms with Crippen LogP contribution in [0.15, 0.2) is 53.4 Å². The van der Waals surface area contributed by atoms with E-state index in [-0.39, 0.29) is 16.9 Å². The van der Waals surface area contributed by atoms with Gasteiger partial charge in [-0.15, -0.1) is 0 Å². The van der Waals surface area contributed by atoms with Gasteiger partial charge in [0.05, 0.1) is 10.6 Å². The van der Waals surface area contributed by atoms with Gasteiger partial charge in [-0.05, 0) is 53.6 Å². The zero-order chi connectivity index (χ0) is 16.4. The molecule has 0 spiro atoms. The molecule has 0 saturated carbocycles. The predicted molar refractivity (Wildman–Crippen MR) is 92.4 cm³/mol. The van der Waals surface area contributed by atoms with Gasteiger partial charge in [0.2, 0.25) is 0 Å². The highest BCUT2D eigenvalue weighted by molar-refractivity contribution is 8.19. The van der Waals surface area contributed by atoms with Crippen molar-refractivity contribution in [2.24, 2.45) is 0 Å². The van der Waals surface area contributed by atoms with Crippen molar-refractivity contribution in [1.82, 2.24) is 0 Å². The number of rotatable bonds is 3. The molecule has 4 nitrogen and oxygen atoms in total. The quantitative estimate of drug-likeness (QED) is 0.860. The molecule has 0 aromatic heterocycles. The van der Waals surface area contributed by atoms with Crippen LogP contribution in [0.25, 0.3) is 6.08 Å². The highest BCUT2D eigenvalue weighted by Crippen LogP contribution is 2.37. The number of thioether (sulfide) groups is 1. The number of phenols is 1. The van der Waals surface area contributed by atoms with Crippen molar-refractivity contribution in [3.05, 3.63) is 64.6 Å². The largest absolute Gasteiger partial charge is 0.508 e. The Hall–Kier alpha value is -2.53. The van der Waals surface area contributed by atoms with E-state index < -0.39 is 0 Å². The Morgan fingerprint density at radius 3 is 2.48 bits per heavy atom. The molecule has 0 radical (unpaired) electrons. The number of phenolic OH excluding ortho intramolecular Hbond substituents is 1. The first-order valence-electron chi connectivity index (χ1n) is 7.25. The number of hydrogen-bond donors (Lipinski definition) is 1. The third kappa shape index (κ3) is 3.00. The standard InChI is InChI=1S/C18H15NO3S/c1-2-13-5-3-4-6-15(13)19-17(21)16(23-18(19)22)11-12-7-9-14(20)10-8-12/h3-11,20H,2H2,1H3/b16-11-. The number of carbonyl (C=O) groups excluding carboxylic acids is 2. The van der Waals surface area contributed by atoms with Crippen LogP contribution in [0.3, 0.4) is 0 Å². The molecule has 2 aromatic rings. The van der Waals surface area contributed by atoms with E-state index >= 15 is 0 Å². The molecule has 5 heteroatoms. The lowest BCUT2D eigenvalue weighted by molar-refractivity contribution is -0.113. The van der Waals surface area contributed by atoms with Crippen LogP contribution < -0.4 is 4.90 Å². The summed E-state index contributed by atoms with van der Waals surface area (Å²) in [7, 11) is 0. The van der Waals surface area contributed by atoms with Gasteiger partial charge in [0, 0.05) is 0 Å². The van der Waals surface area contributed by atoms with Crippen molar-refractivity contribution in [2.75, 3.05) is 4.90 Å². The molecular formula is C18H15NO3S. The van der Waals surface area contributed by atoms with E-state index in [1.165, 1.54) is 4.90 Å². The summed E-state index contributed by atoms with van der Waals surface area (Å²) in [5.41, 5.74) is 2.37. The second-order valence-electron chi connectivity index (χ2n) is 5.09. The van der Waals surface area contributed by atoms with Gasteiger partial charge in [0.25, 0.3) is 11.1 Å². The molecule has 3 rings (SSSR count). The molecule has 116 valence electrons. The van der Waals surface area contributed by atoms with Gasteiger partial charge in [-0.2, -0.15) is 0 Å². The molecule has 1 aliphatic rings. The number of benzene rings is 2. The lowest BCUT2D eigenvalue weighted by Crippen LogP contribution is -2.28. The molecule has 1 heterocycles. The number of nitrogens with zero attached hydrogens (tertiary/aromatic N) is 1. The minimum absolute atomic E-state index is 0.159. The molecule has 0 atom stereocenters. The van der Waals surface area contributed by atoms with Crippen LogP contribution >= 0.6 is 11.8 Å². The molecule has 0 aliphatic carbocycles. The average Bonchev–Trinajstić information content (AvgIpc) is 2.83. The van der Waals surface area contributed by atoms with Crippen LogP contribution in [-0.4, -0.2) is 16.3 Å². The van der Waals surface area contributed by atoms with Crippen molar-refractivity contribution < 1.29 is 14.7 Å². The van der Waals surface area contributed by atoms with Crippen LogP contribution in [0.5, 0.6) is 5.75 Å². The van der Waals surface area contributed by atoms with Crippen LogP contribution in [0, 0.1) is 0 Å². The summed E-state index contributed by atoms with van der Waals surface area (Å²) in [6, 6.07) is 13.9. The van der Waals surface area contributed by atoms with E-state index in [4.69, 9.17) is 0 Å². The molecule has 2 aromatic carbocycles. The van der Waals surface area contributed by atoms with E-state index in [0.29, 0.717) is 10.6 Å². The Bertz CT molecular complexity index is 796. The SMILES string of the molecule is CCc1ccccc1N1C(=O)S/C(=C\c2ccc(O)cc2)C1=O. The van der Waals surface area contributed by atoms with Crippen LogP contribution in [-0.2, 0) is 11.2 Å². The van der Waals surface area contributed by atoms with Gasteiger partial charge in [-0.3, -0.25) is 9.59 Å². The van der Waals surface area contributed by atoms with E-state index in [1.807, 2.05) is 25.1 Å². The number of carbonyl (C=O) groups is 2. The fourth-order valence-corrected chi connectivity index (χ4v) is 3.26. The molecule has 0 bridgehead atoms. The molecular weight excluding hydrogens is 310 g/mol. The highest BCUT2D eigenvalue weighted by atomic mass is 32.2. The van der Waals surface area contributed by atoms with Gasteiger partial charge in [0.15, 0.2) is 0 Å². The van der Waals surface area contributed by atoms with Crippen LogP contribution in [0.1, 0.15) is 18.1 Å². The van der Waals surface area contributed by atoms with Gasteiger partial charge >= 0.3 is 0 Å². The second-order valence-corrected chi connectivity index (χ2v) is 6.08. The van der Waals surface area contributed by atoms with Gasteiger partial charge in [0.1, 0.15) is 5.75 Å². The Balaban J connectivity index is 1.95. The normalized spacial score (nSPS) is 16.4. The number of aryl methyl sites for hydroxylation is 1. The van der Waals surface area contributed by atoms with E-state index in [9.17, 15) is 14.7 Å².